The van der Waals surface area contributed by atoms with Crippen molar-refractivity contribution in [2.75, 3.05) is 0 Å². The molecule has 2 aromatic carbocycles. The number of carbonyl (C=O) groups is 1. The Labute approximate surface area is 118 Å². The Balaban J connectivity index is 2.09. The molecule has 0 amide bonds. The number of rotatable bonds is 1. The second kappa shape index (κ2) is 4.53. The number of para-hydroxylation sites is 2. The fourth-order valence-electron chi connectivity index (χ4n) is 1.85. The number of benzene rings is 2. The molecule has 3 aromatic rings. The summed E-state index contributed by atoms with van der Waals surface area (Å²) in [4.78, 5) is 16.6. The molecule has 0 spiro atoms. The molecule has 0 aliphatic heterocycles. The highest BCUT2D eigenvalue weighted by Gasteiger charge is 2.11. The molecule has 0 bridgehead atoms. The van der Waals surface area contributed by atoms with Crippen molar-refractivity contribution < 1.29 is 4.79 Å². The minimum Gasteiger partial charge on any atom is -0.268 e. The second-order valence-corrected chi connectivity index (χ2v) is 5.16. The number of nitrogens with zero attached hydrogens (tertiary/aromatic N) is 2. The molecular formula is C14H9IN2O. The van der Waals surface area contributed by atoms with Crippen LogP contribution in [0.4, 0.5) is 0 Å². The molecule has 0 saturated heterocycles. The highest BCUT2D eigenvalue weighted by Crippen LogP contribution is 2.15. The number of imidazole rings is 1. The van der Waals surface area contributed by atoms with Crippen molar-refractivity contribution in [3.8, 4) is 0 Å². The van der Waals surface area contributed by atoms with Gasteiger partial charge in [-0.05, 0) is 59.0 Å². The summed E-state index contributed by atoms with van der Waals surface area (Å²) in [5.41, 5.74) is 2.33. The van der Waals surface area contributed by atoms with Gasteiger partial charge in [0.1, 0.15) is 6.33 Å². The first kappa shape index (κ1) is 11.4. The first-order valence-corrected chi connectivity index (χ1v) is 6.56. The van der Waals surface area contributed by atoms with Crippen LogP contribution in [0.2, 0.25) is 0 Å². The Bertz CT molecular complexity index is 716. The van der Waals surface area contributed by atoms with Crippen LogP contribution in [0.15, 0.2) is 54.9 Å². The Morgan fingerprint density at radius 1 is 1.06 bits per heavy atom. The quantitative estimate of drug-likeness (QED) is 0.633. The Hall–Kier alpha value is -1.69. The molecule has 1 heterocycles. The van der Waals surface area contributed by atoms with Crippen molar-refractivity contribution >= 4 is 39.5 Å². The van der Waals surface area contributed by atoms with Gasteiger partial charge in [0.05, 0.1) is 11.0 Å². The van der Waals surface area contributed by atoms with E-state index in [1.165, 1.54) is 0 Å². The average molecular weight is 348 g/mol. The lowest BCUT2D eigenvalue weighted by Gasteiger charge is -2.03. The van der Waals surface area contributed by atoms with Gasteiger partial charge >= 0.3 is 0 Å². The summed E-state index contributed by atoms with van der Waals surface area (Å²) in [7, 11) is 0. The first-order valence-electron chi connectivity index (χ1n) is 5.48. The molecule has 1 aromatic heterocycles. The summed E-state index contributed by atoms with van der Waals surface area (Å²) >= 11 is 2.22. The van der Waals surface area contributed by atoms with E-state index in [1.807, 2.05) is 48.5 Å². The third kappa shape index (κ3) is 1.92. The van der Waals surface area contributed by atoms with Crippen molar-refractivity contribution in [2.24, 2.45) is 0 Å². The van der Waals surface area contributed by atoms with Crippen molar-refractivity contribution in [3.63, 3.8) is 0 Å². The predicted octanol–water partition coefficient (Wildman–Crippen LogP) is 3.33. The third-order valence-electron chi connectivity index (χ3n) is 2.76. The molecule has 4 heteroatoms. The summed E-state index contributed by atoms with van der Waals surface area (Å²) in [6.45, 7) is 0. The molecule has 0 radical (unpaired) electrons. The monoisotopic (exact) mass is 348 g/mol. The Morgan fingerprint density at radius 3 is 2.56 bits per heavy atom. The molecule has 88 valence electrons. The first-order chi connectivity index (χ1) is 8.75. The fraction of sp³-hybridized carbons (Fsp3) is 0. The normalized spacial score (nSPS) is 10.7. The van der Waals surface area contributed by atoms with Crippen molar-refractivity contribution in [2.45, 2.75) is 0 Å². The number of fused-ring (bicyclic) bond motifs is 1. The van der Waals surface area contributed by atoms with Crippen molar-refractivity contribution in [1.29, 1.82) is 0 Å². The van der Waals surface area contributed by atoms with E-state index < -0.39 is 0 Å². The lowest BCUT2D eigenvalue weighted by molar-refractivity contribution is 0.0964. The molecule has 3 rings (SSSR count). The maximum Gasteiger partial charge on any atom is 0.263 e. The molecule has 0 aliphatic rings. The van der Waals surface area contributed by atoms with Gasteiger partial charge in [-0.3, -0.25) is 9.36 Å². The van der Waals surface area contributed by atoms with Gasteiger partial charge in [0.15, 0.2) is 0 Å². The zero-order valence-electron chi connectivity index (χ0n) is 9.38. The van der Waals surface area contributed by atoms with Crippen LogP contribution in [0, 0.1) is 3.57 Å². The third-order valence-corrected chi connectivity index (χ3v) is 3.48. The molecule has 0 atom stereocenters. The molecule has 0 N–H and O–H groups in total. The SMILES string of the molecule is O=C(c1ccc(I)cc1)n1cnc2ccccc21. The number of aromatic nitrogens is 2. The largest absolute Gasteiger partial charge is 0.268 e. The zero-order valence-corrected chi connectivity index (χ0v) is 11.5. The van der Waals surface area contributed by atoms with Crippen LogP contribution in [-0.4, -0.2) is 15.5 Å². The van der Waals surface area contributed by atoms with E-state index in [2.05, 4.69) is 27.6 Å². The predicted molar refractivity (Wildman–Crippen MR) is 78.6 cm³/mol. The Morgan fingerprint density at radius 2 is 1.78 bits per heavy atom. The van der Waals surface area contributed by atoms with E-state index in [-0.39, 0.29) is 5.91 Å². The summed E-state index contributed by atoms with van der Waals surface area (Å²) in [6, 6.07) is 15.1. The van der Waals surface area contributed by atoms with E-state index in [1.54, 1.807) is 10.9 Å². The van der Waals surface area contributed by atoms with Gasteiger partial charge in [-0.1, -0.05) is 12.1 Å². The van der Waals surface area contributed by atoms with Crippen LogP contribution in [0.25, 0.3) is 11.0 Å². The van der Waals surface area contributed by atoms with Gasteiger partial charge < -0.3 is 0 Å². The fourth-order valence-corrected chi connectivity index (χ4v) is 2.21. The molecule has 0 saturated carbocycles. The lowest BCUT2D eigenvalue weighted by atomic mass is 10.2. The van der Waals surface area contributed by atoms with E-state index in [9.17, 15) is 4.79 Å². The zero-order chi connectivity index (χ0) is 12.5. The van der Waals surface area contributed by atoms with Gasteiger partial charge in [-0.25, -0.2) is 4.98 Å². The Kier molecular flexibility index (Phi) is 2.87. The van der Waals surface area contributed by atoms with Gasteiger partial charge in [-0.15, -0.1) is 0 Å². The van der Waals surface area contributed by atoms with Crippen LogP contribution in [0.3, 0.4) is 0 Å². The molecule has 0 unspecified atom stereocenters. The number of carbonyl (C=O) groups excluding carboxylic acids is 1. The van der Waals surface area contributed by atoms with Gasteiger partial charge in [-0.2, -0.15) is 0 Å². The summed E-state index contributed by atoms with van der Waals surface area (Å²) in [5.74, 6) is -0.0555. The number of hydrogen-bond donors (Lipinski definition) is 0. The van der Waals surface area contributed by atoms with Crippen molar-refractivity contribution in [1.82, 2.24) is 9.55 Å². The van der Waals surface area contributed by atoms with Crippen LogP contribution in [-0.2, 0) is 0 Å². The summed E-state index contributed by atoms with van der Waals surface area (Å²) in [5, 5.41) is 0. The highest BCUT2D eigenvalue weighted by molar-refractivity contribution is 14.1. The number of halogens is 1. The van der Waals surface area contributed by atoms with E-state index >= 15 is 0 Å². The van der Waals surface area contributed by atoms with Crippen LogP contribution < -0.4 is 0 Å². The topological polar surface area (TPSA) is 34.9 Å². The van der Waals surface area contributed by atoms with Crippen LogP contribution in [0.5, 0.6) is 0 Å². The average Bonchev–Trinajstić information content (AvgIpc) is 2.82. The molecular weight excluding hydrogens is 339 g/mol. The maximum absolute atomic E-state index is 12.4. The summed E-state index contributed by atoms with van der Waals surface area (Å²) < 4.78 is 2.69. The smallest absolute Gasteiger partial charge is 0.263 e. The molecule has 18 heavy (non-hydrogen) atoms. The van der Waals surface area contributed by atoms with Crippen molar-refractivity contribution in [3.05, 3.63) is 64.0 Å². The highest BCUT2D eigenvalue weighted by atomic mass is 127. The minimum atomic E-state index is -0.0555. The number of hydrogen-bond acceptors (Lipinski definition) is 2. The lowest BCUT2D eigenvalue weighted by Crippen LogP contribution is -2.10. The second-order valence-electron chi connectivity index (χ2n) is 3.92. The van der Waals surface area contributed by atoms with Crippen LogP contribution in [0.1, 0.15) is 10.4 Å². The summed E-state index contributed by atoms with van der Waals surface area (Å²) in [6.07, 6.45) is 1.57. The van der Waals surface area contributed by atoms with E-state index in [0.717, 1.165) is 14.6 Å². The van der Waals surface area contributed by atoms with E-state index in [4.69, 9.17) is 0 Å². The van der Waals surface area contributed by atoms with Gasteiger partial charge in [0, 0.05) is 9.13 Å². The molecule has 0 aliphatic carbocycles. The molecule has 0 fully saturated rings. The van der Waals surface area contributed by atoms with Crippen LogP contribution >= 0.6 is 22.6 Å². The van der Waals surface area contributed by atoms with E-state index in [0.29, 0.717) is 5.56 Å². The standard InChI is InChI=1S/C14H9IN2O/c15-11-7-5-10(6-8-11)14(18)17-9-16-12-3-1-2-4-13(12)17/h1-9H. The van der Waals surface area contributed by atoms with Gasteiger partial charge in [0.2, 0.25) is 0 Å². The maximum atomic E-state index is 12.4. The molecule has 3 nitrogen and oxygen atoms in total. The van der Waals surface area contributed by atoms with Gasteiger partial charge in [0.25, 0.3) is 5.91 Å². The minimum absolute atomic E-state index is 0.0555.